The molecule has 0 unspecified atom stereocenters. The molecule has 0 aromatic rings. The first-order valence-corrected chi connectivity index (χ1v) is 28.2. The summed E-state index contributed by atoms with van der Waals surface area (Å²) in [5.74, 6) is -12.4. The summed E-state index contributed by atoms with van der Waals surface area (Å²) in [6, 6.07) is -14.3. The molecule has 2 fully saturated rings. The number of likely N-dealkylation sites (tertiary alicyclic amines) is 2. The number of amides is 11. The number of nitrogens with two attached hydrogens (primary N) is 9. The highest BCUT2D eigenvalue weighted by Gasteiger charge is 2.43. The number of aliphatic hydroxyl groups excluding tert-OH is 2. The van der Waals surface area contributed by atoms with E-state index in [4.69, 9.17) is 51.6 Å². The second-order valence-corrected chi connectivity index (χ2v) is 20.8. The maximum atomic E-state index is 14.6. The first kappa shape index (κ1) is 73.4. The second-order valence-electron chi connectivity index (χ2n) is 20.8. The van der Waals surface area contributed by atoms with Crippen molar-refractivity contribution in [3.63, 3.8) is 0 Å². The van der Waals surface area contributed by atoms with E-state index in [-0.39, 0.29) is 134 Å². The molecule has 2 aliphatic heterocycles. The van der Waals surface area contributed by atoms with Crippen molar-refractivity contribution in [2.75, 3.05) is 45.9 Å². The number of primary amides is 2. The number of carboxylic acids is 1. The Kier molecular flexibility index (Phi) is 32.1. The minimum Gasteiger partial charge on any atom is -0.480 e. The van der Waals surface area contributed by atoms with Gasteiger partial charge >= 0.3 is 5.97 Å². The van der Waals surface area contributed by atoms with E-state index in [0.29, 0.717) is 12.8 Å². The highest BCUT2D eigenvalue weighted by Crippen LogP contribution is 2.23. The summed E-state index contributed by atoms with van der Waals surface area (Å²) >= 11 is 0. The number of carbonyl (C=O) groups excluding carboxylic acids is 11. The van der Waals surface area contributed by atoms with Crippen LogP contribution in [0.4, 0.5) is 0 Å². The highest BCUT2D eigenvalue weighted by molar-refractivity contribution is 5.99. The zero-order valence-electron chi connectivity index (χ0n) is 48.6. The van der Waals surface area contributed by atoms with Crippen LogP contribution in [-0.4, -0.2) is 220 Å². The van der Waals surface area contributed by atoms with Crippen LogP contribution in [0.1, 0.15) is 110 Å². The molecule has 0 radical (unpaired) electrons. The lowest BCUT2D eigenvalue weighted by molar-refractivity contribution is -0.145. The van der Waals surface area contributed by atoms with E-state index in [1.165, 1.54) is 4.90 Å². The van der Waals surface area contributed by atoms with Gasteiger partial charge < -0.3 is 114 Å². The van der Waals surface area contributed by atoms with Gasteiger partial charge in [-0.2, -0.15) is 0 Å². The fraction of sp³-hybridized carbons (Fsp3) is 0.700. The topological polar surface area (TPSA) is 627 Å². The summed E-state index contributed by atoms with van der Waals surface area (Å²) in [6.45, 7) is 1.26. The molecule has 2 rings (SSSR count). The van der Waals surface area contributed by atoms with E-state index in [9.17, 15) is 72.9 Å². The van der Waals surface area contributed by atoms with Gasteiger partial charge in [0, 0.05) is 45.6 Å². The molecule has 2 heterocycles. The molecule has 0 aromatic carbocycles. The van der Waals surface area contributed by atoms with Crippen LogP contribution in [0.2, 0.25) is 0 Å². The number of hydrogen-bond donors (Lipinski definition) is 19. The van der Waals surface area contributed by atoms with Crippen molar-refractivity contribution in [3.8, 4) is 0 Å². The number of hydrogen-bond acceptors (Lipinski definition) is 18. The molecule has 484 valence electrons. The normalized spacial score (nSPS) is 17.6. The van der Waals surface area contributed by atoms with Crippen LogP contribution in [0.5, 0.6) is 0 Å². The maximum Gasteiger partial charge on any atom is 0.326 e. The number of carbonyl (C=O) groups is 12. The number of aliphatic carboxylic acids is 1. The molecule has 0 aromatic heterocycles. The average molecular weight is 1220 g/mol. The van der Waals surface area contributed by atoms with Crippen LogP contribution in [0.25, 0.3) is 0 Å². The van der Waals surface area contributed by atoms with Crippen LogP contribution < -0.4 is 88.8 Å². The van der Waals surface area contributed by atoms with Crippen LogP contribution >= 0.6 is 0 Å². The first-order chi connectivity index (χ1) is 40.6. The zero-order valence-corrected chi connectivity index (χ0v) is 48.6. The molecular formula is C50H89N21O15. The van der Waals surface area contributed by atoms with E-state index >= 15 is 0 Å². The van der Waals surface area contributed by atoms with E-state index in [0.717, 1.165) is 4.90 Å². The van der Waals surface area contributed by atoms with E-state index < -0.39 is 150 Å². The summed E-state index contributed by atoms with van der Waals surface area (Å²) in [6.07, 6.45) is 0.0110. The second kappa shape index (κ2) is 37.6. The van der Waals surface area contributed by atoms with Gasteiger partial charge in [0.25, 0.3) is 0 Å². The third kappa shape index (κ3) is 25.3. The summed E-state index contributed by atoms with van der Waals surface area (Å²) in [4.78, 5) is 174. The highest BCUT2D eigenvalue weighted by atomic mass is 16.4. The third-order valence-corrected chi connectivity index (χ3v) is 14.1. The lowest BCUT2D eigenvalue weighted by Gasteiger charge is -2.32. The van der Waals surface area contributed by atoms with Gasteiger partial charge in [0.05, 0.1) is 19.3 Å². The average Bonchev–Trinajstić information content (AvgIpc) is 2.80. The first-order valence-electron chi connectivity index (χ1n) is 28.2. The lowest BCUT2D eigenvalue weighted by atomic mass is 9.96. The number of nitrogens with one attached hydrogen (secondary N) is 7. The number of carboxylic acid groups (broad SMARTS) is 1. The summed E-state index contributed by atoms with van der Waals surface area (Å²) < 4.78 is 0. The van der Waals surface area contributed by atoms with Crippen molar-refractivity contribution < 1.29 is 72.9 Å². The summed E-state index contributed by atoms with van der Waals surface area (Å²) in [5.41, 5.74) is 49.3. The molecule has 28 N–H and O–H groups in total. The van der Waals surface area contributed by atoms with E-state index in [2.05, 4.69) is 52.2 Å². The predicted octanol–water partition coefficient (Wildman–Crippen LogP) is -9.50. The van der Waals surface area contributed by atoms with E-state index in [1.54, 1.807) is 13.8 Å². The van der Waals surface area contributed by atoms with Gasteiger partial charge in [-0.25, -0.2) is 4.79 Å². The van der Waals surface area contributed by atoms with E-state index in [1.807, 2.05) is 0 Å². The minimum atomic E-state index is -1.79. The van der Waals surface area contributed by atoms with Crippen molar-refractivity contribution in [2.45, 2.75) is 171 Å². The van der Waals surface area contributed by atoms with Crippen molar-refractivity contribution >= 4 is 88.8 Å². The van der Waals surface area contributed by atoms with Crippen molar-refractivity contribution in [3.05, 3.63) is 0 Å². The molecule has 11 atom stereocenters. The van der Waals surface area contributed by atoms with Crippen molar-refractivity contribution in [1.82, 2.24) is 47.0 Å². The van der Waals surface area contributed by atoms with Gasteiger partial charge in [-0.05, 0) is 83.0 Å². The van der Waals surface area contributed by atoms with Crippen LogP contribution in [0.3, 0.4) is 0 Å². The maximum absolute atomic E-state index is 14.6. The molecule has 0 spiro atoms. The fourth-order valence-corrected chi connectivity index (χ4v) is 9.22. The standard InChI is InChI=1S/C50H89N21O15/c1-3-25(2)37(46(84)71-22-8-13-34(71)43(81)66-30(47(85)86)15-17-36(53)75)69-42(80)32(24-73)67-41(79)31(23-72)68-44(82)33-12-7-21-70(33)45(83)29(11-6-20-62-50(58)59)65-40(78)28(10-5-19-61-49(56)57)64-39(77)27(9-4-18-60-48(54)55)63-38(76)26(51)14-16-35(52)74/h25-34,37,72-73H,3-24,51H2,1-2H3,(H2,52,74)(H2,53,75)(H,63,76)(H,64,77)(H,65,78)(H,66,81)(H,67,79)(H,68,82)(H,69,80)(H,85,86)(H4,54,55,60)(H4,56,57,61)(H4,58,59,62)/t25-,26-,27-,28-,29-,30-,31-,32-,33-,34-,37-/m0/s1. The molecule has 0 bridgehead atoms. The number of guanidine groups is 3. The molecule has 2 aliphatic rings. The molecule has 36 nitrogen and oxygen atoms in total. The summed E-state index contributed by atoms with van der Waals surface area (Å²) in [5, 5.41) is 47.6. The molecular weight excluding hydrogens is 1130 g/mol. The Balaban J connectivity index is 2.38. The van der Waals surface area contributed by atoms with Crippen molar-refractivity contribution in [2.24, 2.45) is 72.5 Å². The van der Waals surface area contributed by atoms with Gasteiger partial charge in [-0.3, -0.25) is 67.7 Å². The Bertz CT molecular complexity index is 2450. The Labute approximate surface area is 496 Å². The fourth-order valence-electron chi connectivity index (χ4n) is 9.22. The van der Waals surface area contributed by atoms with Gasteiger partial charge in [0.15, 0.2) is 17.9 Å². The lowest BCUT2D eigenvalue weighted by Crippen LogP contribution is -2.62. The Hall–Kier alpha value is -8.67. The quantitative estimate of drug-likeness (QED) is 0.0154. The number of nitrogens with zero attached hydrogens (tertiary/aromatic N) is 5. The Morgan fingerprint density at radius 1 is 0.488 bits per heavy atom. The largest absolute Gasteiger partial charge is 0.480 e. The van der Waals surface area contributed by atoms with Gasteiger partial charge in [-0.15, -0.1) is 0 Å². The molecule has 86 heavy (non-hydrogen) atoms. The monoisotopic (exact) mass is 1220 g/mol. The smallest absolute Gasteiger partial charge is 0.326 e. The molecule has 0 saturated carbocycles. The van der Waals surface area contributed by atoms with Crippen LogP contribution in [0.15, 0.2) is 15.0 Å². The molecule has 11 amide bonds. The van der Waals surface area contributed by atoms with Crippen molar-refractivity contribution in [1.29, 1.82) is 0 Å². The zero-order chi connectivity index (χ0) is 64.8. The third-order valence-electron chi connectivity index (χ3n) is 14.1. The number of aliphatic hydroxyl groups is 2. The predicted molar refractivity (Wildman–Crippen MR) is 309 cm³/mol. The molecule has 2 saturated heterocycles. The van der Waals surface area contributed by atoms with Gasteiger partial charge in [-0.1, -0.05) is 20.3 Å². The Morgan fingerprint density at radius 3 is 1.29 bits per heavy atom. The SMILES string of the molecule is CC[C@H](C)[C@H](NC(=O)[C@H](CO)NC(=O)[C@H](CO)NC(=O)[C@@H]1CCCN1C(=O)[C@H](CCCN=C(N)N)NC(=O)[C@H](CCCN=C(N)N)NC(=O)[C@H](CCCN=C(N)N)NC(=O)[C@@H](N)CCC(N)=O)C(=O)N1CCC[C@H]1C(=O)N[C@@H](CCC(N)=O)C(=O)O. The molecule has 0 aliphatic carbocycles. The number of aliphatic imine (C=N–C) groups is 3. The number of rotatable bonds is 39. The van der Waals surface area contributed by atoms with Crippen LogP contribution in [-0.2, 0) is 57.5 Å². The van der Waals surface area contributed by atoms with Crippen LogP contribution in [0, 0.1) is 5.92 Å². The van der Waals surface area contributed by atoms with Gasteiger partial charge in [0.1, 0.15) is 54.4 Å². The van der Waals surface area contributed by atoms with Gasteiger partial charge in [0.2, 0.25) is 65.0 Å². The summed E-state index contributed by atoms with van der Waals surface area (Å²) in [7, 11) is 0. The minimum absolute atomic E-state index is 0.00680. The Morgan fingerprint density at radius 2 is 0.860 bits per heavy atom. The molecule has 36 heteroatoms.